The molecule has 0 atom stereocenters. The molecule has 0 aliphatic carbocycles. The molecule has 34 heavy (non-hydrogen) atoms. The molecule has 4 rings (SSSR count). The molecule has 0 aliphatic heterocycles. The van der Waals surface area contributed by atoms with Gasteiger partial charge in [-0.05, 0) is 56.7 Å². The molecule has 0 saturated heterocycles. The van der Waals surface area contributed by atoms with Crippen LogP contribution >= 0.6 is 11.8 Å². The number of nitrogens with zero attached hydrogens (tertiary/aromatic N) is 3. The Balaban J connectivity index is 1.43. The molecule has 2 aromatic heterocycles. The molecule has 4 aromatic rings. The van der Waals surface area contributed by atoms with Gasteiger partial charge in [-0.2, -0.15) is 0 Å². The predicted molar refractivity (Wildman–Crippen MR) is 133 cm³/mol. The summed E-state index contributed by atoms with van der Waals surface area (Å²) in [4.78, 5) is 25.6. The van der Waals surface area contributed by atoms with Gasteiger partial charge in [0, 0.05) is 12.2 Å². The fourth-order valence-corrected chi connectivity index (χ4v) is 4.33. The first-order valence-corrected chi connectivity index (χ1v) is 11.8. The van der Waals surface area contributed by atoms with Crippen LogP contribution in [0, 0.1) is 13.8 Å². The molecule has 0 bridgehead atoms. The number of nitrogens with one attached hydrogen (secondary N) is 2. The topological polar surface area (TPSA) is 102 Å². The Hall–Kier alpha value is -3.85. The summed E-state index contributed by atoms with van der Waals surface area (Å²) in [6.07, 6.45) is 1.62. The van der Waals surface area contributed by atoms with E-state index in [9.17, 15) is 9.59 Å². The number of carbonyl (C=O) groups is 2. The Labute approximate surface area is 201 Å². The third-order valence-electron chi connectivity index (χ3n) is 5.19. The second kappa shape index (κ2) is 10.4. The molecular weight excluding hydrogens is 450 g/mol. The third kappa shape index (κ3) is 5.20. The number of thioether (sulfide) groups is 1. The van der Waals surface area contributed by atoms with Crippen LogP contribution in [-0.4, -0.2) is 32.3 Å². The number of carbonyl (C=O) groups excluding carboxylic acids is 2. The Morgan fingerprint density at radius 1 is 1.03 bits per heavy atom. The van der Waals surface area contributed by atoms with Gasteiger partial charge in [-0.15, -0.1) is 10.2 Å². The Kier molecular flexibility index (Phi) is 7.12. The van der Waals surface area contributed by atoms with Crippen molar-refractivity contribution in [1.82, 2.24) is 14.8 Å². The Bertz CT molecular complexity index is 1330. The van der Waals surface area contributed by atoms with Crippen LogP contribution in [-0.2, 0) is 11.3 Å². The summed E-state index contributed by atoms with van der Waals surface area (Å²) in [5, 5.41) is 14.9. The molecule has 0 saturated carbocycles. The molecule has 0 aliphatic rings. The number of aryl methyl sites for hydroxylation is 2. The second-order valence-corrected chi connectivity index (χ2v) is 8.59. The summed E-state index contributed by atoms with van der Waals surface area (Å²) >= 11 is 1.29. The van der Waals surface area contributed by atoms with Gasteiger partial charge in [0.1, 0.15) is 5.76 Å². The van der Waals surface area contributed by atoms with Crippen molar-refractivity contribution in [1.29, 1.82) is 0 Å². The third-order valence-corrected chi connectivity index (χ3v) is 6.15. The van der Waals surface area contributed by atoms with Crippen LogP contribution in [0.15, 0.2) is 70.4 Å². The SMILES string of the molecule is CCn1c(SCC(=O)Nc2ccccc2C(=O)Nc2cccc(C)c2)nnc1-c1ccoc1C. The first-order valence-electron chi connectivity index (χ1n) is 10.8. The molecule has 0 spiro atoms. The van der Waals surface area contributed by atoms with Crippen molar-refractivity contribution in [3.63, 3.8) is 0 Å². The molecule has 0 unspecified atom stereocenters. The number of aromatic nitrogens is 3. The predicted octanol–water partition coefficient (Wildman–Crippen LogP) is 5.16. The van der Waals surface area contributed by atoms with Crippen molar-refractivity contribution in [2.75, 3.05) is 16.4 Å². The van der Waals surface area contributed by atoms with Crippen molar-refractivity contribution >= 4 is 35.0 Å². The molecule has 9 heteroatoms. The number of anilines is 2. The number of rotatable bonds is 8. The van der Waals surface area contributed by atoms with Crippen LogP contribution in [0.4, 0.5) is 11.4 Å². The molecule has 2 heterocycles. The van der Waals surface area contributed by atoms with Crippen LogP contribution in [0.1, 0.15) is 28.6 Å². The molecular formula is C25H25N5O3S. The summed E-state index contributed by atoms with van der Waals surface area (Å²) < 4.78 is 7.32. The average molecular weight is 476 g/mol. The van der Waals surface area contributed by atoms with E-state index < -0.39 is 0 Å². The highest BCUT2D eigenvalue weighted by molar-refractivity contribution is 7.99. The maximum atomic E-state index is 12.8. The summed E-state index contributed by atoms with van der Waals surface area (Å²) in [5.74, 6) is 1.05. The number of hydrogen-bond acceptors (Lipinski definition) is 6. The van der Waals surface area contributed by atoms with Gasteiger partial charge in [0.05, 0.1) is 28.8 Å². The summed E-state index contributed by atoms with van der Waals surface area (Å²) in [6.45, 7) is 6.48. The van der Waals surface area contributed by atoms with Gasteiger partial charge in [0.15, 0.2) is 11.0 Å². The number of para-hydroxylation sites is 1. The van der Waals surface area contributed by atoms with Gasteiger partial charge in [0.25, 0.3) is 5.91 Å². The standard InChI is InChI=1S/C25H25N5O3S/c1-4-30-23(19-12-13-33-17(19)3)28-29-25(30)34-15-22(31)27-21-11-6-5-10-20(21)24(32)26-18-9-7-8-16(2)14-18/h5-14H,4,15H2,1-3H3,(H,26,32)(H,27,31). The van der Waals surface area contributed by atoms with E-state index in [1.807, 2.05) is 55.7 Å². The molecule has 0 radical (unpaired) electrons. The van der Waals surface area contributed by atoms with Gasteiger partial charge >= 0.3 is 0 Å². The highest BCUT2D eigenvalue weighted by Gasteiger charge is 2.18. The van der Waals surface area contributed by atoms with Crippen LogP contribution in [0.2, 0.25) is 0 Å². The van der Waals surface area contributed by atoms with E-state index in [1.54, 1.807) is 30.5 Å². The normalized spacial score (nSPS) is 10.8. The van der Waals surface area contributed by atoms with Crippen molar-refractivity contribution in [3.05, 3.63) is 77.7 Å². The van der Waals surface area contributed by atoms with Gasteiger partial charge in [-0.25, -0.2) is 0 Å². The monoisotopic (exact) mass is 475 g/mol. The first-order chi connectivity index (χ1) is 16.5. The lowest BCUT2D eigenvalue weighted by molar-refractivity contribution is -0.113. The molecule has 0 fully saturated rings. The number of hydrogen-bond donors (Lipinski definition) is 2. The minimum Gasteiger partial charge on any atom is -0.469 e. The van der Waals surface area contributed by atoms with E-state index >= 15 is 0 Å². The van der Waals surface area contributed by atoms with Crippen LogP contribution in [0.5, 0.6) is 0 Å². The highest BCUT2D eigenvalue weighted by atomic mass is 32.2. The van der Waals surface area contributed by atoms with E-state index in [1.165, 1.54) is 11.8 Å². The van der Waals surface area contributed by atoms with E-state index in [2.05, 4.69) is 20.8 Å². The number of benzene rings is 2. The zero-order valence-corrected chi connectivity index (χ0v) is 20.0. The van der Waals surface area contributed by atoms with Crippen LogP contribution in [0.25, 0.3) is 11.4 Å². The second-order valence-electron chi connectivity index (χ2n) is 7.65. The smallest absolute Gasteiger partial charge is 0.257 e. The molecule has 2 aromatic carbocycles. The number of amides is 2. The highest BCUT2D eigenvalue weighted by Crippen LogP contribution is 2.27. The fourth-order valence-electron chi connectivity index (χ4n) is 3.52. The van der Waals surface area contributed by atoms with Crippen molar-refractivity contribution in [2.45, 2.75) is 32.5 Å². The minimum absolute atomic E-state index is 0.121. The van der Waals surface area contributed by atoms with E-state index in [-0.39, 0.29) is 17.6 Å². The lowest BCUT2D eigenvalue weighted by atomic mass is 10.1. The molecule has 2 N–H and O–H groups in total. The Morgan fingerprint density at radius 2 is 1.85 bits per heavy atom. The summed E-state index contributed by atoms with van der Waals surface area (Å²) in [6, 6.07) is 16.3. The van der Waals surface area contributed by atoms with Crippen molar-refractivity contribution < 1.29 is 14.0 Å². The lowest BCUT2D eigenvalue weighted by Crippen LogP contribution is -2.19. The van der Waals surface area contributed by atoms with E-state index in [4.69, 9.17) is 4.42 Å². The van der Waals surface area contributed by atoms with Crippen LogP contribution in [0.3, 0.4) is 0 Å². The first kappa shape index (κ1) is 23.3. The summed E-state index contributed by atoms with van der Waals surface area (Å²) in [7, 11) is 0. The van der Waals surface area contributed by atoms with Gasteiger partial charge in [-0.1, -0.05) is 36.0 Å². The van der Waals surface area contributed by atoms with E-state index in [0.717, 1.165) is 16.9 Å². The fraction of sp³-hybridized carbons (Fsp3) is 0.200. The molecule has 8 nitrogen and oxygen atoms in total. The molecule has 2 amide bonds. The maximum absolute atomic E-state index is 12.8. The van der Waals surface area contributed by atoms with E-state index in [0.29, 0.717) is 34.5 Å². The summed E-state index contributed by atoms with van der Waals surface area (Å²) in [5.41, 5.74) is 3.45. The average Bonchev–Trinajstić information content (AvgIpc) is 3.43. The van der Waals surface area contributed by atoms with Crippen molar-refractivity contribution in [2.24, 2.45) is 0 Å². The van der Waals surface area contributed by atoms with Gasteiger partial charge in [0.2, 0.25) is 5.91 Å². The zero-order chi connectivity index (χ0) is 24.1. The minimum atomic E-state index is -0.292. The zero-order valence-electron chi connectivity index (χ0n) is 19.2. The quantitative estimate of drug-likeness (QED) is 0.341. The molecule has 174 valence electrons. The van der Waals surface area contributed by atoms with Crippen LogP contribution < -0.4 is 10.6 Å². The Morgan fingerprint density at radius 3 is 2.59 bits per heavy atom. The largest absolute Gasteiger partial charge is 0.469 e. The van der Waals surface area contributed by atoms with Gasteiger partial charge < -0.3 is 19.6 Å². The van der Waals surface area contributed by atoms with Crippen molar-refractivity contribution in [3.8, 4) is 11.4 Å². The van der Waals surface area contributed by atoms with Gasteiger partial charge in [-0.3, -0.25) is 9.59 Å². The lowest BCUT2D eigenvalue weighted by Gasteiger charge is -2.12. The maximum Gasteiger partial charge on any atom is 0.257 e. The number of furan rings is 1.